The largest absolute Gasteiger partial charge is 0.481 e. The van der Waals surface area contributed by atoms with Crippen LogP contribution >= 0.6 is 0 Å². The molecule has 3 rings (SSSR count). The second-order valence-electron chi connectivity index (χ2n) is 6.59. The minimum atomic E-state index is -0.665. The number of benzene rings is 2. The molecule has 1 aliphatic heterocycles. The summed E-state index contributed by atoms with van der Waals surface area (Å²) < 4.78 is 23.9. The van der Waals surface area contributed by atoms with E-state index in [-0.39, 0.29) is 11.7 Å². The van der Waals surface area contributed by atoms with Gasteiger partial charge < -0.3 is 14.8 Å². The Labute approximate surface area is 159 Å². The van der Waals surface area contributed by atoms with Crippen molar-refractivity contribution in [1.29, 1.82) is 0 Å². The zero-order valence-electron chi connectivity index (χ0n) is 15.5. The van der Waals surface area contributed by atoms with E-state index < -0.39 is 6.10 Å². The van der Waals surface area contributed by atoms with Crippen molar-refractivity contribution in [1.82, 2.24) is 10.2 Å². The van der Waals surface area contributed by atoms with Crippen LogP contribution in [0.5, 0.6) is 5.75 Å². The molecule has 0 aromatic heterocycles. The Morgan fingerprint density at radius 3 is 2.52 bits per heavy atom. The molecule has 0 spiro atoms. The lowest BCUT2D eigenvalue weighted by Gasteiger charge is -2.27. The lowest BCUT2D eigenvalue weighted by atomic mass is 10.1. The second-order valence-corrected chi connectivity index (χ2v) is 6.59. The van der Waals surface area contributed by atoms with Gasteiger partial charge in [-0.2, -0.15) is 0 Å². The normalized spacial score (nSPS) is 15.9. The SMILES string of the molecule is C[C@H](Oc1ccc(F)cc1)C(=O)NCc1ccccc1CN1CCOCC1. The molecule has 5 nitrogen and oxygen atoms in total. The number of morpholine rings is 1. The Balaban J connectivity index is 1.54. The van der Waals surface area contributed by atoms with Gasteiger partial charge in [0.05, 0.1) is 13.2 Å². The number of amides is 1. The van der Waals surface area contributed by atoms with Crippen LogP contribution in [-0.2, 0) is 22.6 Å². The summed E-state index contributed by atoms with van der Waals surface area (Å²) in [7, 11) is 0. The summed E-state index contributed by atoms with van der Waals surface area (Å²) in [6, 6.07) is 13.7. The summed E-state index contributed by atoms with van der Waals surface area (Å²) in [5, 5.41) is 2.93. The number of carbonyl (C=O) groups excluding carboxylic acids is 1. The Hall–Kier alpha value is -2.44. The average Bonchev–Trinajstić information content (AvgIpc) is 2.69. The van der Waals surface area contributed by atoms with Crippen LogP contribution in [0.1, 0.15) is 18.1 Å². The van der Waals surface area contributed by atoms with Crippen molar-refractivity contribution in [3.05, 3.63) is 65.5 Å². The third-order valence-electron chi connectivity index (χ3n) is 4.56. The van der Waals surface area contributed by atoms with Gasteiger partial charge in [0, 0.05) is 26.2 Å². The van der Waals surface area contributed by atoms with Gasteiger partial charge in [-0.05, 0) is 42.3 Å². The molecule has 2 aromatic carbocycles. The van der Waals surface area contributed by atoms with E-state index in [9.17, 15) is 9.18 Å². The number of hydrogen-bond acceptors (Lipinski definition) is 4. The molecule has 27 heavy (non-hydrogen) atoms. The molecule has 0 bridgehead atoms. The number of hydrogen-bond donors (Lipinski definition) is 1. The fraction of sp³-hybridized carbons (Fsp3) is 0.381. The Morgan fingerprint density at radius 2 is 1.81 bits per heavy atom. The van der Waals surface area contributed by atoms with Crippen LogP contribution in [0, 0.1) is 5.82 Å². The fourth-order valence-electron chi connectivity index (χ4n) is 2.98. The zero-order valence-corrected chi connectivity index (χ0v) is 15.5. The zero-order chi connectivity index (χ0) is 19.1. The van der Waals surface area contributed by atoms with Crippen molar-refractivity contribution in [2.75, 3.05) is 26.3 Å². The van der Waals surface area contributed by atoms with Gasteiger partial charge in [-0.3, -0.25) is 9.69 Å². The predicted octanol–water partition coefficient (Wildman–Crippen LogP) is 2.74. The first-order valence-electron chi connectivity index (χ1n) is 9.18. The highest BCUT2D eigenvalue weighted by atomic mass is 19.1. The van der Waals surface area contributed by atoms with Crippen molar-refractivity contribution in [3.8, 4) is 5.75 Å². The van der Waals surface area contributed by atoms with Gasteiger partial charge in [0.2, 0.25) is 0 Å². The summed E-state index contributed by atoms with van der Waals surface area (Å²) in [6.45, 7) is 6.33. The molecule has 1 N–H and O–H groups in total. The van der Waals surface area contributed by atoms with E-state index in [1.807, 2.05) is 18.2 Å². The molecule has 1 amide bonds. The van der Waals surface area contributed by atoms with Gasteiger partial charge in [-0.25, -0.2) is 4.39 Å². The van der Waals surface area contributed by atoms with Crippen LogP contribution in [0.3, 0.4) is 0 Å². The third kappa shape index (κ3) is 5.77. The van der Waals surface area contributed by atoms with Crippen LogP contribution < -0.4 is 10.1 Å². The molecule has 0 radical (unpaired) electrons. The lowest BCUT2D eigenvalue weighted by Crippen LogP contribution is -2.37. The molecule has 6 heteroatoms. The number of ether oxygens (including phenoxy) is 2. The molecule has 1 saturated heterocycles. The fourth-order valence-corrected chi connectivity index (χ4v) is 2.98. The van der Waals surface area contributed by atoms with Crippen molar-refractivity contribution >= 4 is 5.91 Å². The molecule has 1 atom stereocenters. The monoisotopic (exact) mass is 372 g/mol. The van der Waals surface area contributed by atoms with Crippen molar-refractivity contribution in [3.63, 3.8) is 0 Å². The number of carbonyl (C=O) groups is 1. The third-order valence-corrected chi connectivity index (χ3v) is 4.56. The van der Waals surface area contributed by atoms with Crippen LogP contribution in [0.4, 0.5) is 4.39 Å². The Kier molecular flexibility index (Phi) is 6.79. The number of nitrogens with one attached hydrogen (secondary N) is 1. The summed E-state index contributed by atoms with van der Waals surface area (Å²) in [5.41, 5.74) is 2.29. The molecule has 2 aromatic rings. The first-order chi connectivity index (χ1) is 13.1. The van der Waals surface area contributed by atoms with E-state index >= 15 is 0 Å². The van der Waals surface area contributed by atoms with E-state index in [0.29, 0.717) is 12.3 Å². The molecular weight excluding hydrogens is 347 g/mol. The van der Waals surface area contributed by atoms with Gasteiger partial charge >= 0.3 is 0 Å². The Morgan fingerprint density at radius 1 is 1.15 bits per heavy atom. The van der Waals surface area contributed by atoms with Crippen LogP contribution in [0.15, 0.2) is 48.5 Å². The van der Waals surface area contributed by atoms with Gasteiger partial charge in [-0.15, -0.1) is 0 Å². The van der Waals surface area contributed by atoms with Gasteiger partial charge in [0.1, 0.15) is 11.6 Å². The summed E-state index contributed by atoms with van der Waals surface area (Å²) in [6.07, 6.45) is -0.665. The second kappa shape index (κ2) is 9.48. The number of halogens is 1. The molecule has 1 heterocycles. The van der Waals surface area contributed by atoms with Gasteiger partial charge in [0.15, 0.2) is 6.10 Å². The van der Waals surface area contributed by atoms with Crippen LogP contribution in [0.25, 0.3) is 0 Å². The summed E-state index contributed by atoms with van der Waals surface area (Å²) in [4.78, 5) is 14.7. The molecule has 144 valence electrons. The van der Waals surface area contributed by atoms with Gasteiger partial charge in [0.25, 0.3) is 5.91 Å². The predicted molar refractivity (Wildman–Crippen MR) is 101 cm³/mol. The maximum absolute atomic E-state index is 13.0. The first-order valence-corrected chi connectivity index (χ1v) is 9.18. The van der Waals surface area contributed by atoms with Crippen molar-refractivity contribution < 1.29 is 18.7 Å². The van der Waals surface area contributed by atoms with E-state index in [4.69, 9.17) is 9.47 Å². The molecular formula is C21H25FN2O3. The highest BCUT2D eigenvalue weighted by molar-refractivity contribution is 5.80. The highest BCUT2D eigenvalue weighted by Gasteiger charge is 2.16. The minimum absolute atomic E-state index is 0.208. The number of nitrogens with zero attached hydrogens (tertiary/aromatic N) is 1. The van der Waals surface area contributed by atoms with E-state index in [0.717, 1.165) is 38.4 Å². The summed E-state index contributed by atoms with van der Waals surface area (Å²) >= 11 is 0. The standard InChI is InChI=1S/C21H25FN2O3/c1-16(27-20-8-6-19(22)7-9-20)21(25)23-14-17-4-2-3-5-18(17)15-24-10-12-26-13-11-24/h2-9,16H,10-15H2,1H3,(H,23,25)/t16-/m0/s1. The summed E-state index contributed by atoms with van der Waals surface area (Å²) in [5.74, 6) is -0.0800. The minimum Gasteiger partial charge on any atom is -0.481 e. The molecule has 0 aliphatic carbocycles. The van der Waals surface area contributed by atoms with E-state index in [1.165, 1.54) is 29.8 Å². The topological polar surface area (TPSA) is 50.8 Å². The quantitative estimate of drug-likeness (QED) is 0.812. The van der Waals surface area contributed by atoms with E-state index in [2.05, 4.69) is 16.3 Å². The average molecular weight is 372 g/mol. The molecule has 0 saturated carbocycles. The molecule has 0 unspecified atom stereocenters. The van der Waals surface area contributed by atoms with Gasteiger partial charge in [-0.1, -0.05) is 24.3 Å². The van der Waals surface area contributed by atoms with Crippen LogP contribution in [0.2, 0.25) is 0 Å². The maximum Gasteiger partial charge on any atom is 0.261 e. The van der Waals surface area contributed by atoms with Crippen LogP contribution in [-0.4, -0.2) is 43.2 Å². The van der Waals surface area contributed by atoms with Crippen molar-refractivity contribution in [2.45, 2.75) is 26.1 Å². The Bertz CT molecular complexity index is 745. The van der Waals surface area contributed by atoms with Crippen molar-refractivity contribution in [2.24, 2.45) is 0 Å². The first kappa shape index (κ1) is 19.3. The maximum atomic E-state index is 13.0. The van der Waals surface area contributed by atoms with E-state index in [1.54, 1.807) is 6.92 Å². The smallest absolute Gasteiger partial charge is 0.261 e. The number of rotatable bonds is 7. The molecule has 1 fully saturated rings. The molecule has 1 aliphatic rings. The highest BCUT2D eigenvalue weighted by Crippen LogP contribution is 2.15. The lowest BCUT2D eigenvalue weighted by molar-refractivity contribution is -0.127.